The molecule has 3 aromatic rings. The number of amidine groups is 1. The van der Waals surface area contributed by atoms with E-state index in [1.54, 1.807) is 6.20 Å². The second-order valence-electron chi connectivity index (χ2n) is 15.3. The SMILES string of the molecule is CCc1cc(O[Si](C)(C)C(C)(C)C)ccc1/N=C(\N)c1cnn2cc(Br)cc2c1NC[C@H]1CC2(CC2)CN1C(=O)OC(C)(C)C. The van der Waals surface area contributed by atoms with Crippen molar-refractivity contribution >= 4 is 53.1 Å². The molecule has 1 saturated heterocycles. The van der Waals surface area contributed by atoms with Crippen LogP contribution in [0.2, 0.25) is 18.1 Å². The summed E-state index contributed by atoms with van der Waals surface area (Å²) in [5, 5.41) is 8.39. The van der Waals surface area contributed by atoms with Crippen LogP contribution < -0.4 is 15.5 Å². The molecular weight excluding hydrogens is 648 g/mol. The lowest BCUT2D eigenvalue weighted by atomic mass is 10.0. The third-order valence-corrected chi connectivity index (χ3v) is 14.2. The number of aryl methyl sites for hydroxylation is 1. The number of nitrogens with zero attached hydrogens (tertiary/aromatic N) is 4. The van der Waals surface area contributed by atoms with E-state index in [9.17, 15) is 4.79 Å². The summed E-state index contributed by atoms with van der Waals surface area (Å²) < 4.78 is 15.1. The zero-order chi connectivity index (χ0) is 32.9. The Balaban J connectivity index is 1.44. The molecule has 0 unspecified atom stereocenters. The van der Waals surface area contributed by atoms with Gasteiger partial charge in [0.25, 0.3) is 0 Å². The van der Waals surface area contributed by atoms with E-state index in [0.29, 0.717) is 17.9 Å². The van der Waals surface area contributed by atoms with Crippen molar-refractivity contribution in [2.24, 2.45) is 16.1 Å². The topological polar surface area (TPSA) is 106 Å². The Morgan fingerprint density at radius 2 is 1.91 bits per heavy atom. The van der Waals surface area contributed by atoms with E-state index < -0.39 is 13.9 Å². The molecule has 1 aromatic carbocycles. The van der Waals surface area contributed by atoms with E-state index in [1.165, 1.54) is 0 Å². The van der Waals surface area contributed by atoms with Crippen LogP contribution in [0.25, 0.3) is 5.52 Å². The van der Waals surface area contributed by atoms with E-state index in [-0.39, 0.29) is 22.6 Å². The maximum absolute atomic E-state index is 13.2. The van der Waals surface area contributed by atoms with Crippen LogP contribution in [0.1, 0.15) is 78.9 Å². The summed E-state index contributed by atoms with van der Waals surface area (Å²) in [6.45, 7) is 20.4. The number of halogens is 1. The average molecular weight is 698 g/mol. The van der Waals surface area contributed by atoms with Gasteiger partial charge in [-0.15, -0.1) is 0 Å². The first-order chi connectivity index (χ1) is 20.9. The number of hydrogen-bond acceptors (Lipinski definition) is 6. The summed E-state index contributed by atoms with van der Waals surface area (Å²) in [5.74, 6) is 1.24. The molecule has 1 amide bonds. The molecule has 0 radical (unpaired) electrons. The summed E-state index contributed by atoms with van der Waals surface area (Å²) >= 11 is 3.60. The van der Waals surface area contributed by atoms with Crippen LogP contribution >= 0.6 is 15.9 Å². The van der Waals surface area contributed by atoms with Crippen molar-refractivity contribution in [2.45, 2.75) is 104 Å². The lowest BCUT2D eigenvalue weighted by Gasteiger charge is -2.36. The molecule has 45 heavy (non-hydrogen) atoms. The van der Waals surface area contributed by atoms with E-state index in [1.807, 2.05) is 54.6 Å². The molecule has 1 aliphatic carbocycles. The van der Waals surface area contributed by atoms with Crippen LogP contribution in [0.3, 0.4) is 0 Å². The van der Waals surface area contributed by atoms with Crippen molar-refractivity contribution in [2.75, 3.05) is 18.4 Å². The third-order valence-electron chi connectivity index (χ3n) is 9.45. The smallest absolute Gasteiger partial charge is 0.410 e. The highest BCUT2D eigenvalue weighted by atomic mass is 79.9. The molecule has 244 valence electrons. The van der Waals surface area contributed by atoms with Gasteiger partial charge in [-0.05, 0) is 116 Å². The second kappa shape index (κ2) is 11.9. The van der Waals surface area contributed by atoms with Crippen molar-refractivity contribution in [3.63, 3.8) is 0 Å². The minimum Gasteiger partial charge on any atom is -0.543 e. The first-order valence-electron chi connectivity index (χ1n) is 16.0. The predicted molar refractivity (Wildman–Crippen MR) is 188 cm³/mol. The molecule has 2 fully saturated rings. The molecule has 1 saturated carbocycles. The number of ether oxygens (including phenoxy) is 1. The Hall–Kier alpha value is -3.05. The number of carbonyl (C=O) groups is 1. The van der Waals surface area contributed by atoms with E-state index in [4.69, 9.17) is 19.9 Å². The maximum atomic E-state index is 13.2. The summed E-state index contributed by atoms with van der Waals surface area (Å²) in [7, 11) is -1.98. The van der Waals surface area contributed by atoms with Crippen molar-refractivity contribution in [3.05, 3.63) is 52.3 Å². The summed E-state index contributed by atoms with van der Waals surface area (Å²) in [6.07, 6.45) is 7.46. The Morgan fingerprint density at radius 3 is 2.53 bits per heavy atom. The monoisotopic (exact) mass is 696 g/mol. The van der Waals surface area contributed by atoms with Gasteiger partial charge in [-0.1, -0.05) is 27.7 Å². The lowest BCUT2D eigenvalue weighted by molar-refractivity contribution is 0.0228. The molecule has 2 aromatic heterocycles. The largest absolute Gasteiger partial charge is 0.543 e. The number of nitrogens with one attached hydrogen (secondary N) is 1. The molecule has 1 spiro atoms. The molecule has 3 N–H and O–H groups in total. The fraction of sp³-hybridized carbons (Fsp3) is 0.559. The van der Waals surface area contributed by atoms with Crippen molar-refractivity contribution in [1.82, 2.24) is 14.5 Å². The second-order valence-corrected chi connectivity index (χ2v) is 20.9. The van der Waals surface area contributed by atoms with Gasteiger partial charge in [0, 0.05) is 23.8 Å². The van der Waals surface area contributed by atoms with Gasteiger partial charge in [-0.25, -0.2) is 14.3 Å². The van der Waals surface area contributed by atoms with Gasteiger partial charge in [0.05, 0.1) is 34.7 Å². The summed E-state index contributed by atoms with van der Waals surface area (Å²) in [6, 6.07) is 8.10. The molecule has 3 heterocycles. The molecule has 5 rings (SSSR count). The number of rotatable bonds is 8. The standard InChI is InChI=1S/C34H49BrN6O3Si/c1-10-22-15-25(44-45(8,9)33(5,6)7)11-12-27(22)39-30(36)26-19-38-41-20-23(35)16-28(41)29(26)37-18-24-17-34(13-14-34)21-40(24)31(42)43-32(2,3)4/h11-12,15-16,19-20,24,37H,10,13-14,17-18,21H2,1-9H3,(H2,36,39)/t24-/m1/s1. The van der Waals surface area contributed by atoms with Crippen molar-refractivity contribution < 1.29 is 14.0 Å². The number of hydrogen-bond donors (Lipinski definition) is 2. The fourth-order valence-corrected chi connectivity index (χ4v) is 7.13. The zero-order valence-electron chi connectivity index (χ0n) is 28.3. The van der Waals surface area contributed by atoms with Crippen LogP contribution in [0.15, 0.2) is 46.1 Å². The normalized spacial score (nSPS) is 18.5. The van der Waals surface area contributed by atoms with Gasteiger partial charge in [0.1, 0.15) is 17.2 Å². The summed E-state index contributed by atoms with van der Waals surface area (Å²) in [5.41, 5.74) is 10.7. The molecule has 2 aliphatic rings. The van der Waals surface area contributed by atoms with Crippen LogP contribution in [0.5, 0.6) is 5.75 Å². The van der Waals surface area contributed by atoms with Crippen molar-refractivity contribution in [3.8, 4) is 5.75 Å². The third kappa shape index (κ3) is 7.35. The summed E-state index contributed by atoms with van der Waals surface area (Å²) in [4.78, 5) is 20.0. The highest BCUT2D eigenvalue weighted by Crippen LogP contribution is 2.55. The fourth-order valence-electron chi connectivity index (χ4n) is 5.70. The van der Waals surface area contributed by atoms with Gasteiger partial charge in [-0.2, -0.15) is 5.10 Å². The van der Waals surface area contributed by atoms with Gasteiger partial charge in [0.2, 0.25) is 8.32 Å². The molecule has 11 heteroatoms. The number of fused-ring (bicyclic) bond motifs is 1. The molecular formula is C34H49BrN6O3Si. The number of carbonyl (C=O) groups excluding carboxylic acids is 1. The number of amides is 1. The van der Waals surface area contributed by atoms with Gasteiger partial charge < -0.3 is 25.1 Å². The Labute approximate surface area is 277 Å². The minimum absolute atomic E-state index is 0.000110. The van der Waals surface area contributed by atoms with E-state index in [2.05, 4.69) is 73.2 Å². The highest BCUT2D eigenvalue weighted by Gasteiger charge is 2.53. The van der Waals surface area contributed by atoms with Gasteiger partial charge >= 0.3 is 6.09 Å². The first kappa shape index (κ1) is 33.3. The zero-order valence-corrected chi connectivity index (χ0v) is 30.8. The van der Waals surface area contributed by atoms with E-state index in [0.717, 1.165) is 64.9 Å². The molecule has 9 nitrogen and oxygen atoms in total. The first-order valence-corrected chi connectivity index (χ1v) is 19.7. The number of aromatic nitrogens is 2. The van der Waals surface area contributed by atoms with Gasteiger partial charge in [0.15, 0.2) is 0 Å². The van der Waals surface area contributed by atoms with Crippen LogP contribution in [-0.2, 0) is 11.2 Å². The van der Waals surface area contributed by atoms with Gasteiger partial charge in [-0.3, -0.25) is 0 Å². The number of likely N-dealkylation sites (tertiary alicyclic amines) is 1. The van der Waals surface area contributed by atoms with Crippen LogP contribution in [0.4, 0.5) is 16.2 Å². The number of aliphatic imine (C=N–C) groups is 1. The van der Waals surface area contributed by atoms with E-state index >= 15 is 0 Å². The highest BCUT2D eigenvalue weighted by molar-refractivity contribution is 9.10. The molecule has 0 bridgehead atoms. The average Bonchev–Trinajstić information content (AvgIpc) is 3.40. The van der Waals surface area contributed by atoms with Crippen LogP contribution in [-0.4, -0.2) is 59.5 Å². The predicted octanol–water partition coefficient (Wildman–Crippen LogP) is 8.28. The van der Waals surface area contributed by atoms with Crippen LogP contribution in [0, 0.1) is 5.41 Å². The quantitative estimate of drug-likeness (QED) is 0.139. The number of benzene rings is 1. The van der Waals surface area contributed by atoms with Crippen molar-refractivity contribution in [1.29, 1.82) is 0 Å². The number of anilines is 1. The molecule has 1 atom stereocenters. The maximum Gasteiger partial charge on any atom is 0.410 e. The Morgan fingerprint density at radius 1 is 1.20 bits per heavy atom. The Kier molecular flexibility index (Phi) is 8.85. The number of nitrogens with two attached hydrogens (primary N) is 1. The Bertz CT molecular complexity index is 1620. The minimum atomic E-state index is -1.98. The lowest BCUT2D eigenvalue weighted by Crippen LogP contribution is -2.43. The molecule has 1 aliphatic heterocycles.